The Morgan fingerprint density at radius 1 is 1.16 bits per heavy atom. The smallest absolute Gasteiger partial charge is 0.410 e. The number of thioether (sulfide) groups is 1. The van der Waals surface area contributed by atoms with Gasteiger partial charge in [0.05, 0.1) is 10.4 Å². The number of rotatable bonds is 2. The van der Waals surface area contributed by atoms with E-state index < -0.39 is 5.60 Å². The first kappa shape index (κ1) is 21.2. The minimum absolute atomic E-state index is 0.289. The molecular formula is C22H24N4O4S. The molecule has 3 heterocycles. The van der Waals surface area contributed by atoms with E-state index in [4.69, 9.17) is 4.74 Å². The standard InChI is InChI=1S/C22H24N4O4S/c1-22(2,3)30-21(29)26-10-8-25(9-11-26)17-6-7-23-16-5-4-14(12-15(16)17)13-18-19(27)24-20(28)31-18/h4-7,12-13H,8-11H2,1-3H3,(H,24,27,28). The van der Waals surface area contributed by atoms with Crippen molar-refractivity contribution in [3.05, 3.63) is 40.9 Å². The molecule has 0 bridgehead atoms. The number of carbonyl (C=O) groups excluding carboxylic acids is 3. The minimum atomic E-state index is -0.514. The maximum Gasteiger partial charge on any atom is 0.410 e. The van der Waals surface area contributed by atoms with E-state index in [1.54, 1.807) is 17.2 Å². The molecule has 2 aliphatic rings. The van der Waals surface area contributed by atoms with E-state index in [1.807, 2.05) is 45.0 Å². The summed E-state index contributed by atoms with van der Waals surface area (Å²) in [6.07, 6.45) is 3.19. The molecule has 1 aromatic heterocycles. The van der Waals surface area contributed by atoms with Gasteiger partial charge >= 0.3 is 6.09 Å². The predicted octanol–water partition coefficient (Wildman–Crippen LogP) is 3.62. The van der Waals surface area contributed by atoms with Crippen molar-refractivity contribution >= 4 is 51.7 Å². The number of imide groups is 1. The third-order valence-electron chi connectivity index (χ3n) is 4.95. The Balaban J connectivity index is 1.55. The van der Waals surface area contributed by atoms with Gasteiger partial charge in [-0.15, -0.1) is 0 Å². The van der Waals surface area contributed by atoms with Crippen molar-refractivity contribution in [2.24, 2.45) is 0 Å². The minimum Gasteiger partial charge on any atom is -0.444 e. The molecular weight excluding hydrogens is 416 g/mol. The molecule has 1 aromatic carbocycles. The third kappa shape index (κ3) is 4.82. The molecule has 1 N–H and O–H groups in total. The number of hydrogen-bond donors (Lipinski definition) is 1. The maximum atomic E-state index is 12.3. The number of anilines is 1. The molecule has 8 nitrogen and oxygen atoms in total. The van der Waals surface area contributed by atoms with Crippen LogP contribution in [0.15, 0.2) is 35.4 Å². The fraction of sp³-hybridized carbons (Fsp3) is 0.364. The van der Waals surface area contributed by atoms with E-state index in [-0.39, 0.29) is 17.2 Å². The van der Waals surface area contributed by atoms with Crippen molar-refractivity contribution in [1.82, 2.24) is 15.2 Å². The van der Waals surface area contributed by atoms with E-state index in [2.05, 4.69) is 15.2 Å². The Kier molecular flexibility index (Phi) is 5.62. The summed E-state index contributed by atoms with van der Waals surface area (Å²) in [7, 11) is 0. The Morgan fingerprint density at radius 2 is 1.90 bits per heavy atom. The topological polar surface area (TPSA) is 91.8 Å². The number of piperazine rings is 1. The van der Waals surface area contributed by atoms with Crippen molar-refractivity contribution in [3.8, 4) is 0 Å². The molecule has 2 aliphatic heterocycles. The first-order valence-electron chi connectivity index (χ1n) is 10.1. The fourth-order valence-electron chi connectivity index (χ4n) is 3.54. The molecule has 4 rings (SSSR count). The second-order valence-electron chi connectivity index (χ2n) is 8.41. The molecule has 2 aromatic rings. The number of aromatic nitrogens is 1. The molecule has 2 saturated heterocycles. The Labute approximate surface area is 184 Å². The largest absolute Gasteiger partial charge is 0.444 e. The predicted molar refractivity (Wildman–Crippen MR) is 121 cm³/mol. The first-order chi connectivity index (χ1) is 14.7. The van der Waals surface area contributed by atoms with Crippen LogP contribution in [0.5, 0.6) is 0 Å². The van der Waals surface area contributed by atoms with Gasteiger partial charge in [0.25, 0.3) is 11.1 Å². The molecule has 0 unspecified atom stereocenters. The Bertz CT molecular complexity index is 1080. The van der Waals surface area contributed by atoms with Crippen LogP contribution < -0.4 is 10.2 Å². The number of ether oxygens (including phenoxy) is 1. The zero-order valence-corrected chi connectivity index (χ0v) is 18.5. The van der Waals surface area contributed by atoms with Crippen LogP contribution in [-0.2, 0) is 9.53 Å². The molecule has 0 saturated carbocycles. The first-order valence-corrected chi connectivity index (χ1v) is 10.9. The van der Waals surface area contributed by atoms with Gasteiger partial charge < -0.3 is 14.5 Å². The summed E-state index contributed by atoms with van der Waals surface area (Å²) in [6.45, 7) is 8.08. The SMILES string of the molecule is CC(C)(C)OC(=O)N1CCN(c2ccnc3ccc(C=C4SC(=O)NC4=O)cc23)CC1. The van der Waals surface area contributed by atoms with Crippen LogP contribution in [0, 0.1) is 0 Å². The second-order valence-corrected chi connectivity index (χ2v) is 9.43. The van der Waals surface area contributed by atoms with Crippen LogP contribution in [-0.4, -0.2) is 58.9 Å². The average Bonchev–Trinajstić information content (AvgIpc) is 3.03. The number of benzene rings is 1. The summed E-state index contributed by atoms with van der Waals surface area (Å²) >= 11 is 0.899. The highest BCUT2D eigenvalue weighted by atomic mass is 32.2. The van der Waals surface area contributed by atoms with E-state index in [9.17, 15) is 14.4 Å². The lowest BCUT2D eigenvalue weighted by Crippen LogP contribution is -2.50. The van der Waals surface area contributed by atoms with Gasteiger partial charge in [0, 0.05) is 43.4 Å². The van der Waals surface area contributed by atoms with Gasteiger partial charge in [-0.3, -0.25) is 19.9 Å². The normalized spacial score (nSPS) is 18.6. The van der Waals surface area contributed by atoms with Crippen LogP contribution in [0.3, 0.4) is 0 Å². The van der Waals surface area contributed by atoms with Gasteiger partial charge in [-0.2, -0.15) is 0 Å². The molecule has 31 heavy (non-hydrogen) atoms. The molecule has 0 spiro atoms. The summed E-state index contributed by atoms with van der Waals surface area (Å²) in [6, 6.07) is 7.72. The summed E-state index contributed by atoms with van der Waals surface area (Å²) in [5, 5.41) is 2.87. The van der Waals surface area contributed by atoms with Crippen molar-refractivity contribution in [1.29, 1.82) is 0 Å². The highest BCUT2D eigenvalue weighted by Crippen LogP contribution is 2.30. The second kappa shape index (κ2) is 8.22. The van der Waals surface area contributed by atoms with Crippen LogP contribution >= 0.6 is 11.8 Å². The fourth-order valence-corrected chi connectivity index (χ4v) is 4.23. The highest BCUT2D eigenvalue weighted by Gasteiger charge is 2.27. The van der Waals surface area contributed by atoms with Gasteiger partial charge in [-0.25, -0.2) is 4.79 Å². The van der Waals surface area contributed by atoms with Gasteiger partial charge in [0.15, 0.2) is 0 Å². The van der Waals surface area contributed by atoms with Crippen LogP contribution in [0.4, 0.5) is 15.3 Å². The number of nitrogens with one attached hydrogen (secondary N) is 1. The number of pyridine rings is 1. The van der Waals surface area contributed by atoms with Crippen molar-refractivity contribution < 1.29 is 19.1 Å². The summed E-state index contributed by atoms with van der Waals surface area (Å²) in [5.41, 5.74) is 2.17. The number of carbonyl (C=O) groups is 3. The molecule has 9 heteroatoms. The quantitative estimate of drug-likeness (QED) is 0.713. The Morgan fingerprint density at radius 3 is 2.55 bits per heavy atom. The van der Waals surface area contributed by atoms with Crippen LogP contribution in [0.2, 0.25) is 0 Å². The lowest BCUT2D eigenvalue weighted by molar-refractivity contribution is -0.115. The number of amides is 3. The third-order valence-corrected chi connectivity index (χ3v) is 5.77. The molecule has 0 atom stereocenters. The van der Waals surface area contributed by atoms with Gasteiger partial charge in [0.1, 0.15) is 5.60 Å². The monoisotopic (exact) mass is 440 g/mol. The maximum absolute atomic E-state index is 12.3. The van der Waals surface area contributed by atoms with E-state index in [0.29, 0.717) is 31.1 Å². The molecule has 0 aliphatic carbocycles. The van der Waals surface area contributed by atoms with Crippen molar-refractivity contribution in [2.75, 3.05) is 31.1 Å². The number of hydrogen-bond acceptors (Lipinski definition) is 7. The molecule has 0 radical (unpaired) electrons. The zero-order chi connectivity index (χ0) is 22.2. The molecule has 162 valence electrons. The van der Waals surface area contributed by atoms with Gasteiger partial charge in [-0.1, -0.05) is 6.07 Å². The highest BCUT2D eigenvalue weighted by molar-refractivity contribution is 8.18. The van der Waals surface area contributed by atoms with Gasteiger partial charge in [0.2, 0.25) is 0 Å². The van der Waals surface area contributed by atoms with E-state index in [1.165, 1.54) is 0 Å². The zero-order valence-electron chi connectivity index (χ0n) is 17.7. The summed E-state index contributed by atoms with van der Waals surface area (Å²) in [4.78, 5) is 44.4. The molecule has 2 fully saturated rings. The van der Waals surface area contributed by atoms with Crippen molar-refractivity contribution in [3.63, 3.8) is 0 Å². The lowest BCUT2D eigenvalue weighted by atomic mass is 10.1. The lowest BCUT2D eigenvalue weighted by Gasteiger charge is -2.37. The number of nitrogens with zero attached hydrogens (tertiary/aromatic N) is 3. The Hall–Kier alpha value is -3.07. The number of fused-ring (bicyclic) bond motifs is 1. The molecule has 3 amide bonds. The van der Waals surface area contributed by atoms with E-state index >= 15 is 0 Å². The average molecular weight is 441 g/mol. The van der Waals surface area contributed by atoms with Crippen molar-refractivity contribution in [2.45, 2.75) is 26.4 Å². The van der Waals surface area contributed by atoms with Gasteiger partial charge in [-0.05, 0) is 62.4 Å². The van der Waals surface area contributed by atoms with E-state index in [0.717, 1.165) is 33.9 Å². The van der Waals surface area contributed by atoms with Crippen LogP contribution in [0.1, 0.15) is 26.3 Å². The van der Waals surface area contributed by atoms with Crippen LogP contribution in [0.25, 0.3) is 17.0 Å². The summed E-state index contributed by atoms with van der Waals surface area (Å²) in [5.74, 6) is -0.375. The summed E-state index contributed by atoms with van der Waals surface area (Å²) < 4.78 is 5.48.